The monoisotopic (exact) mass is 178 g/mol. The van der Waals surface area contributed by atoms with Crippen LogP contribution in [-0.2, 0) is 4.74 Å². The molecule has 0 aromatic rings. The van der Waals surface area contributed by atoms with Crippen LogP contribution < -0.4 is 0 Å². The van der Waals surface area contributed by atoms with Crippen LogP contribution in [0.15, 0.2) is 0 Å². The fourth-order valence-electron chi connectivity index (χ4n) is 0.743. The van der Waals surface area contributed by atoms with E-state index in [4.69, 9.17) is 15.3 Å². The maximum Gasteiger partial charge on any atom is 0.505 e. The van der Waals surface area contributed by atoms with Gasteiger partial charge in [0.05, 0.1) is 6.10 Å². The molecule has 1 unspecified atom stereocenters. The van der Waals surface area contributed by atoms with Gasteiger partial charge in [-0.1, -0.05) is 0 Å². The molecular formula is C7H14O5. The molecule has 3 N–H and O–H groups in total. The van der Waals surface area contributed by atoms with Crippen molar-refractivity contribution in [3.05, 3.63) is 0 Å². The van der Waals surface area contributed by atoms with Gasteiger partial charge < -0.3 is 20.1 Å². The lowest BCUT2D eigenvalue weighted by Gasteiger charge is -2.08. The molecule has 0 aliphatic carbocycles. The maximum atomic E-state index is 9.86. The highest BCUT2D eigenvalue weighted by Gasteiger charge is 2.06. The molecule has 0 amide bonds. The fraction of sp³-hybridized carbons (Fsp3) is 0.857. The average molecular weight is 178 g/mol. The van der Waals surface area contributed by atoms with Gasteiger partial charge in [-0.25, -0.2) is 4.79 Å². The van der Waals surface area contributed by atoms with Gasteiger partial charge >= 0.3 is 6.16 Å². The quantitative estimate of drug-likeness (QED) is 0.399. The normalized spacial score (nSPS) is 12.5. The number of carbonyl (C=O) groups is 1. The van der Waals surface area contributed by atoms with Crippen molar-refractivity contribution in [2.24, 2.45) is 0 Å². The van der Waals surface area contributed by atoms with E-state index in [0.717, 1.165) is 0 Å². The topological polar surface area (TPSA) is 87.0 Å². The molecule has 0 aromatic heterocycles. The smallest absolute Gasteiger partial charge is 0.450 e. The van der Waals surface area contributed by atoms with E-state index in [1.807, 2.05) is 0 Å². The zero-order chi connectivity index (χ0) is 9.40. The summed E-state index contributed by atoms with van der Waals surface area (Å²) in [6, 6.07) is 0. The zero-order valence-corrected chi connectivity index (χ0v) is 6.77. The summed E-state index contributed by atoms with van der Waals surface area (Å²) in [6.07, 6.45) is -0.401. The van der Waals surface area contributed by atoms with Crippen molar-refractivity contribution in [3.63, 3.8) is 0 Å². The highest BCUT2D eigenvalue weighted by molar-refractivity contribution is 5.56. The van der Waals surface area contributed by atoms with E-state index in [0.29, 0.717) is 19.3 Å². The van der Waals surface area contributed by atoms with Gasteiger partial charge in [0.1, 0.15) is 6.61 Å². The minimum Gasteiger partial charge on any atom is -0.450 e. The Morgan fingerprint density at radius 3 is 2.58 bits per heavy atom. The van der Waals surface area contributed by atoms with Crippen molar-refractivity contribution in [3.8, 4) is 0 Å². The van der Waals surface area contributed by atoms with Gasteiger partial charge in [0.2, 0.25) is 0 Å². The van der Waals surface area contributed by atoms with E-state index in [1.54, 1.807) is 0 Å². The summed E-state index contributed by atoms with van der Waals surface area (Å²) in [5.74, 6) is 0. The lowest BCUT2D eigenvalue weighted by Crippen LogP contribution is -2.17. The third kappa shape index (κ3) is 7.30. The summed E-state index contributed by atoms with van der Waals surface area (Å²) in [4.78, 5) is 9.86. The number of ether oxygens (including phenoxy) is 1. The molecule has 0 aliphatic rings. The molecule has 72 valence electrons. The predicted octanol–water partition coefficient (Wildman–Crippen LogP) is 0.204. The molecule has 0 saturated carbocycles. The molecule has 0 radical (unpaired) electrons. The van der Waals surface area contributed by atoms with Crippen LogP contribution in [-0.4, -0.2) is 40.8 Å². The SMILES string of the molecule is O=C(O)OCC(O)CCCCO. The molecule has 0 spiro atoms. The summed E-state index contributed by atoms with van der Waals surface area (Å²) in [6.45, 7) is -0.104. The van der Waals surface area contributed by atoms with Crippen molar-refractivity contribution in [2.45, 2.75) is 25.4 Å². The number of hydrogen-bond donors (Lipinski definition) is 3. The van der Waals surface area contributed by atoms with Crippen molar-refractivity contribution >= 4 is 6.16 Å². The minimum atomic E-state index is -1.38. The first kappa shape index (κ1) is 11.2. The molecule has 12 heavy (non-hydrogen) atoms. The maximum absolute atomic E-state index is 9.86. The molecule has 0 aromatic carbocycles. The first-order valence-electron chi connectivity index (χ1n) is 3.81. The molecule has 0 rings (SSSR count). The Balaban J connectivity index is 3.21. The van der Waals surface area contributed by atoms with Gasteiger partial charge in [-0.3, -0.25) is 0 Å². The van der Waals surface area contributed by atoms with Gasteiger partial charge in [0.15, 0.2) is 0 Å². The van der Waals surface area contributed by atoms with Crippen LogP contribution in [0, 0.1) is 0 Å². The number of rotatable bonds is 6. The number of hydrogen-bond acceptors (Lipinski definition) is 4. The molecule has 0 fully saturated rings. The molecule has 1 atom stereocenters. The van der Waals surface area contributed by atoms with Gasteiger partial charge in [-0.2, -0.15) is 0 Å². The first-order chi connectivity index (χ1) is 5.66. The summed E-state index contributed by atoms with van der Waals surface area (Å²) in [5, 5.41) is 25.5. The largest absolute Gasteiger partial charge is 0.505 e. The Kier molecular flexibility index (Phi) is 6.41. The highest BCUT2D eigenvalue weighted by atomic mass is 16.7. The van der Waals surface area contributed by atoms with Crippen LogP contribution in [0.4, 0.5) is 4.79 Å². The van der Waals surface area contributed by atoms with Gasteiger partial charge in [0.25, 0.3) is 0 Å². The minimum absolute atomic E-state index is 0.0898. The van der Waals surface area contributed by atoms with E-state index >= 15 is 0 Å². The summed E-state index contributed by atoms with van der Waals surface area (Å²) in [5.41, 5.74) is 0. The van der Waals surface area contributed by atoms with Crippen molar-refractivity contribution in [1.29, 1.82) is 0 Å². The van der Waals surface area contributed by atoms with E-state index in [2.05, 4.69) is 4.74 Å². The Labute approximate surface area is 70.6 Å². The van der Waals surface area contributed by atoms with Crippen LogP contribution in [0.25, 0.3) is 0 Å². The molecular weight excluding hydrogens is 164 g/mol. The van der Waals surface area contributed by atoms with Crippen LogP contribution in [0.2, 0.25) is 0 Å². The number of unbranched alkanes of at least 4 members (excludes halogenated alkanes) is 1. The van der Waals surface area contributed by atoms with Crippen molar-refractivity contribution in [2.75, 3.05) is 13.2 Å². The second-order valence-corrected chi connectivity index (χ2v) is 2.45. The number of aliphatic hydroxyl groups excluding tert-OH is 2. The van der Waals surface area contributed by atoms with Gasteiger partial charge in [0, 0.05) is 6.61 Å². The number of carboxylic acid groups (broad SMARTS) is 1. The average Bonchev–Trinajstić information content (AvgIpc) is 2.01. The first-order valence-corrected chi connectivity index (χ1v) is 3.81. The molecule has 5 nitrogen and oxygen atoms in total. The van der Waals surface area contributed by atoms with Crippen molar-refractivity contribution < 1.29 is 24.9 Å². The van der Waals surface area contributed by atoms with Crippen LogP contribution in [0.5, 0.6) is 0 Å². The summed E-state index contributed by atoms with van der Waals surface area (Å²) >= 11 is 0. The van der Waals surface area contributed by atoms with Gasteiger partial charge in [-0.05, 0) is 19.3 Å². The Morgan fingerprint density at radius 2 is 2.08 bits per heavy atom. The highest BCUT2D eigenvalue weighted by Crippen LogP contribution is 2.00. The van der Waals surface area contributed by atoms with E-state index < -0.39 is 12.3 Å². The fourth-order valence-corrected chi connectivity index (χ4v) is 0.743. The Hall–Kier alpha value is -0.810. The second-order valence-electron chi connectivity index (χ2n) is 2.45. The second kappa shape index (κ2) is 6.87. The molecule has 0 heterocycles. The Bertz CT molecular complexity index is 125. The van der Waals surface area contributed by atoms with E-state index in [9.17, 15) is 4.79 Å². The lowest BCUT2D eigenvalue weighted by atomic mass is 10.2. The van der Waals surface area contributed by atoms with Crippen LogP contribution >= 0.6 is 0 Å². The third-order valence-corrected chi connectivity index (χ3v) is 1.34. The number of aliphatic hydroxyl groups is 2. The van der Waals surface area contributed by atoms with E-state index in [1.165, 1.54) is 0 Å². The van der Waals surface area contributed by atoms with E-state index in [-0.39, 0.29) is 13.2 Å². The lowest BCUT2D eigenvalue weighted by molar-refractivity contribution is 0.0351. The van der Waals surface area contributed by atoms with Gasteiger partial charge in [-0.15, -0.1) is 0 Å². The molecule has 5 heteroatoms. The summed E-state index contributed by atoms with van der Waals surface area (Å²) < 4.78 is 4.14. The Morgan fingerprint density at radius 1 is 1.42 bits per heavy atom. The van der Waals surface area contributed by atoms with Crippen LogP contribution in [0.3, 0.4) is 0 Å². The third-order valence-electron chi connectivity index (χ3n) is 1.34. The predicted molar refractivity (Wildman–Crippen MR) is 40.9 cm³/mol. The van der Waals surface area contributed by atoms with Crippen LogP contribution in [0.1, 0.15) is 19.3 Å². The molecule has 0 saturated heterocycles. The standard InChI is InChI=1S/C7H14O5/c8-4-2-1-3-6(9)5-12-7(10)11/h6,8-9H,1-5H2,(H,10,11). The molecule has 0 aliphatic heterocycles. The summed E-state index contributed by atoms with van der Waals surface area (Å²) in [7, 11) is 0. The van der Waals surface area contributed by atoms with Crippen molar-refractivity contribution in [1.82, 2.24) is 0 Å². The zero-order valence-electron chi connectivity index (χ0n) is 6.77. The molecule has 0 bridgehead atoms.